The fraction of sp³-hybridized carbons (Fsp3) is 0.600. The molecule has 0 aromatic heterocycles. The van der Waals surface area contributed by atoms with Gasteiger partial charge in [0.1, 0.15) is 6.10 Å². The van der Waals surface area contributed by atoms with E-state index in [4.69, 9.17) is 10.8 Å². The van der Waals surface area contributed by atoms with Crippen LogP contribution in [-0.4, -0.2) is 73.8 Å². The maximum absolute atomic E-state index is 11.4. The Kier molecular flexibility index (Phi) is 3.54. The number of esters is 2. The highest BCUT2D eigenvalue weighted by atomic mass is 16.8. The van der Waals surface area contributed by atoms with Crippen LogP contribution in [0.25, 0.3) is 0 Å². The van der Waals surface area contributed by atoms with Gasteiger partial charge in [-0.3, -0.25) is 5.73 Å². The van der Waals surface area contributed by atoms with Gasteiger partial charge in [-0.2, -0.15) is 0 Å². The maximum Gasteiger partial charge on any atom is 0.350 e. The molecule has 118 valence electrons. The van der Waals surface area contributed by atoms with Gasteiger partial charge in [0.25, 0.3) is 5.91 Å². The number of fused-ring (bicyclic) bond motifs is 1. The quantitative estimate of drug-likeness (QED) is 0.202. The molecule has 5 atom stereocenters. The summed E-state index contributed by atoms with van der Waals surface area (Å²) in [7, 11) is 0. The summed E-state index contributed by atoms with van der Waals surface area (Å²) in [6.45, 7) is -0.972. The Hall–Kier alpha value is -1.60. The summed E-state index contributed by atoms with van der Waals surface area (Å²) in [4.78, 5) is 22.8. The predicted molar refractivity (Wildman–Crippen MR) is 58.3 cm³/mol. The molecular weight excluding hydrogens is 294 g/mol. The van der Waals surface area contributed by atoms with Crippen LogP contribution in [-0.2, 0) is 23.8 Å². The minimum Gasteiger partial charge on any atom is -0.419 e. The Labute approximate surface area is 116 Å². The van der Waals surface area contributed by atoms with Gasteiger partial charge in [-0.15, -0.1) is 0 Å². The van der Waals surface area contributed by atoms with Crippen LogP contribution in [0.1, 0.15) is 0 Å². The highest BCUT2D eigenvalue weighted by Gasteiger charge is 2.76. The van der Waals surface area contributed by atoms with Crippen molar-refractivity contribution in [2.24, 2.45) is 5.73 Å². The molecule has 0 aromatic carbocycles. The fourth-order valence-corrected chi connectivity index (χ4v) is 2.00. The monoisotopic (exact) mass is 307 g/mol. The molecule has 0 aliphatic carbocycles. The first kappa shape index (κ1) is 15.8. The lowest BCUT2D eigenvalue weighted by atomic mass is 9.88. The van der Waals surface area contributed by atoms with E-state index in [1.54, 1.807) is 0 Å². The third-order valence-corrected chi connectivity index (χ3v) is 3.10. The second-order valence-electron chi connectivity index (χ2n) is 4.50. The molecule has 0 saturated carbocycles. The average Bonchev–Trinajstić information content (AvgIpc) is 2.39. The molecule has 1 unspecified atom stereocenters. The van der Waals surface area contributed by atoms with E-state index < -0.39 is 48.2 Å². The van der Waals surface area contributed by atoms with Crippen LogP contribution in [0.5, 0.6) is 0 Å². The number of hydrogen-bond donors (Lipinski definition) is 6. The summed E-state index contributed by atoms with van der Waals surface area (Å²) < 4.78 is 13.4. The zero-order valence-electron chi connectivity index (χ0n) is 10.4. The SMILES string of the molecule is NC1(O)O[C@H](CO)[C@H](O)[C@]2(O)OC(=O)/C=C\C(=O)O[C@@]12O. The molecule has 0 spiro atoms. The van der Waals surface area contributed by atoms with E-state index in [0.29, 0.717) is 12.2 Å². The number of aliphatic hydroxyl groups excluding tert-OH is 2. The zero-order chi connectivity index (χ0) is 16.1. The van der Waals surface area contributed by atoms with Crippen LogP contribution in [0.3, 0.4) is 0 Å². The van der Waals surface area contributed by atoms with E-state index in [-0.39, 0.29) is 0 Å². The number of aliphatic hydroxyl groups is 5. The Morgan fingerprint density at radius 2 is 1.67 bits per heavy atom. The first-order chi connectivity index (χ1) is 9.57. The normalized spacial score (nSPS) is 48.5. The molecule has 11 heteroatoms. The zero-order valence-corrected chi connectivity index (χ0v) is 10.4. The maximum atomic E-state index is 11.4. The largest absolute Gasteiger partial charge is 0.419 e. The third kappa shape index (κ3) is 2.11. The van der Waals surface area contributed by atoms with Crippen molar-refractivity contribution >= 4 is 11.9 Å². The van der Waals surface area contributed by atoms with E-state index in [1.807, 2.05) is 0 Å². The van der Waals surface area contributed by atoms with Crippen molar-refractivity contribution in [3.8, 4) is 0 Å². The van der Waals surface area contributed by atoms with Gasteiger partial charge in [0.2, 0.25) is 0 Å². The standard InChI is InChI=1S/C10H13NO10/c11-10(18)9(17)8(16,7(15)4(3-12)19-10)20-5(13)1-2-6(14)21-9/h1-2,4,7,12,15-18H,3,11H2/b2-1-/t4-,7+,8+,9-,10?/m1/s1. The van der Waals surface area contributed by atoms with E-state index in [0.717, 1.165) is 0 Å². The lowest BCUT2D eigenvalue weighted by Gasteiger charge is -2.54. The molecular formula is C10H13NO10. The van der Waals surface area contributed by atoms with E-state index in [2.05, 4.69) is 14.2 Å². The number of ether oxygens (including phenoxy) is 3. The number of carbonyl (C=O) groups excluding carboxylic acids is 2. The molecule has 1 fully saturated rings. The lowest BCUT2D eigenvalue weighted by molar-refractivity contribution is -0.509. The minimum atomic E-state index is -3.55. The summed E-state index contributed by atoms with van der Waals surface area (Å²) in [6.07, 6.45) is -2.97. The molecule has 0 aromatic rings. The van der Waals surface area contributed by atoms with Crippen LogP contribution < -0.4 is 5.73 Å². The highest BCUT2D eigenvalue weighted by molar-refractivity contribution is 5.92. The summed E-state index contributed by atoms with van der Waals surface area (Å²) in [5.74, 6) is -13.0. The van der Waals surface area contributed by atoms with Crippen molar-refractivity contribution in [1.82, 2.24) is 0 Å². The van der Waals surface area contributed by atoms with Gasteiger partial charge >= 0.3 is 23.5 Å². The van der Waals surface area contributed by atoms with Gasteiger partial charge in [0.15, 0.2) is 6.10 Å². The van der Waals surface area contributed by atoms with Gasteiger partial charge < -0.3 is 39.7 Å². The fourth-order valence-electron chi connectivity index (χ4n) is 2.00. The van der Waals surface area contributed by atoms with Crippen molar-refractivity contribution in [2.45, 2.75) is 29.7 Å². The molecule has 0 radical (unpaired) electrons. The molecule has 7 N–H and O–H groups in total. The van der Waals surface area contributed by atoms with Crippen LogP contribution >= 0.6 is 0 Å². The highest BCUT2D eigenvalue weighted by Crippen LogP contribution is 2.43. The first-order valence-corrected chi connectivity index (χ1v) is 5.64. The molecule has 2 aliphatic heterocycles. The number of hydrogen-bond acceptors (Lipinski definition) is 11. The summed E-state index contributed by atoms with van der Waals surface area (Å²) in [6, 6.07) is 0. The van der Waals surface area contributed by atoms with Gasteiger partial charge in [-0.1, -0.05) is 0 Å². The van der Waals surface area contributed by atoms with Gasteiger partial charge in [0, 0.05) is 12.2 Å². The van der Waals surface area contributed by atoms with Crippen LogP contribution in [0.15, 0.2) is 12.2 Å². The molecule has 1 saturated heterocycles. The van der Waals surface area contributed by atoms with Crippen molar-refractivity contribution in [3.63, 3.8) is 0 Å². The first-order valence-electron chi connectivity index (χ1n) is 5.64. The van der Waals surface area contributed by atoms with Crippen molar-refractivity contribution in [3.05, 3.63) is 12.2 Å². The molecule has 2 rings (SSSR count). The summed E-state index contributed by atoms with van der Waals surface area (Å²) in [5.41, 5.74) is 5.22. The smallest absolute Gasteiger partial charge is 0.350 e. The summed E-state index contributed by atoms with van der Waals surface area (Å²) >= 11 is 0. The Balaban J connectivity index is 2.61. The lowest BCUT2D eigenvalue weighted by Crippen LogP contribution is -2.84. The second-order valence-corrected chi connectivity index (χ2v) is 4.50. The minimum absolute atomic E-state index is 0.528. The number of nitrogens with two attached hydrogens (primary N) is 1. The van der Waals surface area contributed by atoms with Crippen molar-refractivity contribution < 1.29 is 49.3 Å². The predicted octanol–water partition coefficient (Wildman–Crippen LogP) is -4.62. The topological polar surface area (TPSA) is 189 Å². The molecule has 0 amide bonds. The van der Waals surface area contributed by atoms with Crippen LogP contribution in [0, 0.1) is 0 Å². The van der Waals surface area contributed by atoms with Crippen LogP contribution in [0.2, 0.25) is 0 Å². The average molecular weight is 307 g/mol. The van der Waals surface area contributed by atoms with Crippen molar-refractivity contribution in [2.75, 3.05) is 6.61 Å². The molecule has 2 aliphatic rings. The molecule has 11 nitrogen and oxygen atoms in total. The van der Waals surface area contributed by atoms with E-state index in [9.17, 15) is 30.0 Å². The Morgan fingerprint density at radius 1 is 1.14 bits per heavy atom. The Bertz CT molecular complexity index is 504. The molecule has 0 bridgehead atoms. The second kappa shape index (κ2) is 4.71. The van der Waals surface area contributed by atoms with E-state index >= 15 is 0 Å². The molecule has 21 heavy (non-hydrogen) atoms. The number of rotatable bonds is 1. The van der Waals surface area contributed by atoms with Gasteiger partial charge in [0.05, 0.1) is 6.61 Å². The van der Waals surface area contributed by atoms with E-state index in [1.165, 1.54) is 0 Å². The van der Waals surface area contributed by atoms with Crippen LogP contribution in [0.4, 0.5) is 0 Å². The molecule has 2 heterocycles. The summed E-state index contributed by atoms with van der Waals surface area (Å²) in [5, 5.41) is 49.2. The third-order valence-electron chi connectivity index (χ3n) is 3.10. The van der Waals surface area contributed by atoms with Crippen molar-refractivity contribution in [1.29, 1.82) is 0 Å². The number of carbonyl (C=O) groups is 2. The van der Waals surface area contributed by atoms with Gasteiger partial charge in [-0.25, -0.2) is 9.59 Å². The Morgan fingerprint density at radius 3 is 2.19 bits per heavy atom. The van der Waals surface area contributed by atoms with Gasteiger partial charge in [-0.05, 0) is 0 Å².